The van der Waals surface area contributed by atoms with Crippen molar-refractivity contribution in [3.63, 3.8) is 0 Å². The van der Waals surface area contributed by atoms with Gasteiger partial charge < -0.3 is 34.7 Å². The van der Waals surface area contributed by atoms with Crippen molar-refractivity contribution in [2.45, 2.75) is 32.2 Å². The molecule has 0 saturated carbocycles. The molecule has 0 spiro atoms. The summed E-state index contributed by atoms with van der Waals surface area (Å²) in [5.41, 5.74) is 10.6. The van der Waals surface area contributed by atoms with Crippen LogP contribution in [0, 0.1) is 17.6 Å². The number of nitrogens with two attached hydrogens (primary N) is 1. The van der Waals surface area contributed by atoms with Gasteiger partial charge >= 0.3 is 0 Å². The molecule has 0 radical (unpaired) electrons. The lowest BCUT2D eigenvalue weighted by Gasteiger charge is -2.40. The molecule has 0 aliphatic carbocycles. The van der Waals surface area contributed by atoms with Gasteiger partial charge in [0, 0.05) is 80.6 Å². The molecule has 1 fully saturated rings. The van der Waals surface area contributed by atoms with Crippen LogP contribution in [-0.4, -0.2) is 59.8 Å². The summed E-state index contributed by atoms with van der Waals surface area (Å²) in [6.45, 7) is 4.06. The first kappa shape index (κ1) is 28.5. The van der Waals surface area contributed by atoms with Gasteiger partial charge in [-0.1, -0.05) is 0 Å². The second-order valence-corrected chi connectivity index (χ2v) is 11.9. The maximum Gasteiger partial charge on any atom is 0.274 e. The van der Waals surface area contributed by atoms with E-state index in [9.17, 15) is 14.0 Å². The Balaban J connectivity index is 1.46. The molecule has 12 heteroatoms. The van der Waals surface area contributed by atoms with E-state index in [1.54, 1.807) is 24.3 Å². The van der Waals surface area contributed by atoms with Crippen molar-refractivity contribution >= 4 is 39.7 Å². The van der Waals surface area contributed by atoms with Crippen molar-refractivity contribution in [2.24, 2.45) is 18.7 Å². The zero-order valence-electron chi connectivity index (χ0n) is 24.6. The van der Waals surface area contributed by atoms with Crippen molar-refractivity contribution in [3.8, 4) is 11.1 Å². The number of carbonyl (C=O) groups is 1. The molecule has 3 aliphatic rings. The highest BCUT2D eigenvalue weighted by Crippen LogP contribution is 2.49. The van der Waals surface area contributed by atoms with Crippen LogP contribution in [0.25, 0.3) is 22.0 Å². The number of unbranched alkanes of at least 4 members (excludes halogenated alkanes) is 1. The minimum absolute atomic E-state index is 0.00532. The van der Waals surface area contributed by atoms with E-state index in [0.717, 1.165) is 71.7 Å². The Morgan fingerprint density at radius 2 is 2.00 bits per heavy atom. The molecule has 1 amide bonds. The molecule has 3 N–H and O–H groups in total. The fourth-order valence-electron chi connectivity index (χ4n) is 6.79. The first-order valence-corrected chi connectivity index (χ1v) is 15.1. The second kappa shape index (κ2) is 11.3. The lowest BCUT2D eigenvalue weighted by atomic mass is 9.97. The van der Waals surface area contributed by atoms with Crippen LogP contribution in [0.15, 0.2) is 41.6 Å². The molecular formula is C32H35F2N7O3. The first-order chi connectivity index (χ1) is 21.3. The predicted molar refractivity (Wildman–Crippen MR) is 165 cm³/mol. The number of amides is 1. The molecule has 1 saturated heterocycles. The molecule has 7 rings (SSSR count). The Morgan fingerprint density at radius 3 is 2.77 bits per heavy atom. The van der Waals surface area contributed by atoms with Gasteiger partial charge in [-0.25, -0.2) is 13.8 Å². The van der Waals surface area contributed by atoms with Crippen LogP contribution in [0.3, 0.4) is 0 Å². The number of aromatic amines is 1. The molecule has 0 bridgehead atoms. The standard InChI is InChI=1S/C32H35F2N7O3/c1-38-17-23-22-11-26-27(40(28(42)4-2-3-6-35)8-7-39(26)15-19-5-9-44-18-19)12-25(22)41(31-24(34)10-21(33)14-37-31)16-20-13-36-30(29(20)23)32(38)43/h10-14,17,19,36H,2-9,15-16,18,35H2,1H3. The fraction of sp³-hybridized carbons (Fsp3) is 0.406. The smallest absolute Gasteiger partial charge is 0.274 e. The lowest BCUT2D eigenvalue weighted by Crippen LogP contribution is -2.45. The summed E-state index contributed by atoms with van der Waals surface area (Å²) < 4.78 is 36.6. The van der Waals surface area contributed by atoms with Crippen molar-refractivity contribution < 1.29 is 18.3 Å². The maximum atomic E-state index is 15.4. The molecule has 1 aromatic carbocycles. The highest BCUT2D eigenvalue weighted by Gasteiger charge is 2.34. The largest absolute Gasteiger partial charge is 0.381 e. The van der Waals surface area contributed by atoms with E-state index in [1.807, 2.05) is 11.0 Å². The monoisotopic (exact) mass is 603 g/mol. The molecule has 6 heterocycles. The Morgan fingerprint density at radius 1 is 1.14 bits per heavy atom. The third-order valence-electron chi connectivity index (χ3n) is 9.01. The second-order valence-electron chi connectivity index (χ2n) is 11.9. The summed E-state index contributed by atoms with van der Waals surface area (Å²) in [7, 11) is 1.70. The summed E-state index contributed by atoms with van der Waals surface area (Å²) in [5, 5.41) is 0.751. The number of hydrogen-bond donors (Lipinski definition) is 2. The van der Waals surface area contributed by atoms with Crippen molar-refractivity contribution in [1.29, 1.82) is 0 Å². The Kier molecular flexibility index (Phi) is 7.33. The number of carbonyl (C=O) groups excluding carboxylic acids is 1. The predicted octanol–water partition coefficient (Wildman–Crippen LogP) is 4.18. The number of anilines is 4. The van der Waals surface area contributed by atoms with Gasteiger partial charge in [-0.05, 0) is 43.5 Å². The summed E-state index contributed by atoms with van der Waals surface area (Å²) in [6.07, 6.45) is 7.35. The Labute approximate surface area is 253 Å². The maximum absolute atomic E-state index is 15.4. The molecular weight excluding hydrogens is 568 g/mol. The third-order valence-corrected chi connectivity index (χ3v) is 9.01. The van der Waals surface area contributed by atoms with Gasteiger partial charge in [0.25, 0.3) is 5.56 Å². The van der Waals surface area contributed by atoms with Crippen LogP contribution in [0.2, 0.25) is 0 Å². The van der Waals surface area contributed by atoms with E-state index < -0.39 is 11.6 Å². The van der Waals surface area contributed by atoms with Crippen LogP contribution >= 0.6 is 0 Å². The van der Waals surface area contributed by atoms with Crippen LogP contribution in [0.5, 0.6) is 0 Å². The number of nitrogens with one attached hydrogen (secondary N) is 1. The molecule has 44 heavy (non-hydrogen) atoms. The van der Waals surface area contributed by atoms with Crippen LogP contribution in [0.1, 0.15) is 31.2 Å². The highest BCUT2D eigenvalue weighted by molar-refractivity contribution is 6.06. The van der Waals surface area contributed by atoms with Gasteiger partial charge in [-0.15, -0.1) is 0 Å². The molecule has 10 nitrogen and oxygen atoms in total. The minimum Gasteiger partial charge on any atom is -0.381 e. The van der Waals surface area contributed by atoms with E-state index in [-0.39, 0.29) is 23.8 Å². The number of aromatic nitrogens is 3. The van der Waals surface area contributed by atoms with Gasteiger partial charge in [-0.3, -0.25) is 9.59 Å². The molecule has 3 aliphatic heterocycles. The van der Waals surface area contributed by atoms with E-state index in [1.165, 1.54) is 4.57 Å². The number of nitrogens with zero attached hydrogens (tertiary/aromatic N) is 5. The topological polar surface area (TPSA) is 113 Å². The molecule has 4 aromatic rings. The van der Waals surface area contributed by atoms with E-state index in [2.05, 4.69) is 20.9 Å². The zero-order chi connectivity index (χ0) is 30.5. The molecule has 230 valence electrons. The number of hydrogen-bond acceptors (Lipinski definition) is 7. The SMILES string of the molecule is Cn1cc2c3c(c[nH]c3c1=O)CN(c1ncc(F)cc1F)c1cc3c(cc1-2)N(CC1CCOC1)CCN3C(=O)CCCCN. The number of rotatable bonds is 7. The average Bonchev–Trinajstić information content (AvgIpc) is 3.66. The highest BCUT2D eigenvalue weighted by atomic mass is 19.1. The molecule has 1 unspecified atom stereocenters. The first-order valence-electron chi connectivity index (χ1n) is 15.1. The van der Waals surface area contributed by atoms with Gasteiger partial charge in [-0.2, -0.15) is 0 Å². The number of halogens is 2. The van der Waals surface area contributed by atoms with Crippen molar-refractivity contribution in [1.82, 2.24) is 14.5 Å². The van der Waals surface area contributed by atoms with Crippen LogP contribution in [-0.2, 0) is 23.1 Å². The summed E-state index contributed by atoms with van der Waals surface area (Å²) in [6, 6.07) is 4.80. The molecule has 1 atom stereocenters. The fourth-order valence-corrected chi connectivity index (χ4v) is 6.79. The lowest BCUT2D eigenvalue weighted by molar-refractivity contribution is -0.118. The number of fused-ring (bicyclic) bond motifs is 3. The van der Waals surface area contributed by atoms with E-state index in [0.29, 0.717) is 56.2 Å². The van der Waals surface area contributed by atoms with Gasteiger partial charge in [0.05, 0.1) is 36.4 Å². The number of H-pyrrole nitrogens is 1. The summed E-state index contributed by atoms with van der Waals surface area (Å²) in [4.78, 5) is 39.9. The van der Waals surface area contributed by atoms with Crippen LogP contribution in [0.4, 0.5) is 31.7 Å². The van der Waals surface area contributed by atoms with E-state index in [4.69, 9.17) is 10.5 Å². The number of pyridine rings is 2. The van der Waals surface area contributed by atoms with Gasteiger partial charge in [0.15, 0.2) is 11.6 Å². The summed E-state index contributed by atoms with van der Waals surface area (Å²) in [5.74, 6) is -1.26. The van der Waals surface area contributed by atoms with E-state index >= 15 is 4.39 Å². The normalized spacial score (nSPS) is 17.6. The van der Waals surface area contributed by atoms with Gasteiger partial charge in [0.1, 0.15) is 11.3 Å². The van der Waals surface area contributed by atoms with Crippen LogP contribution < -0.4 is 26.0 Å². The van der Waals surface area contributed by atoms with Crippen molar-refractivity contribution in [3.05, 3.63) is 64.3 Å². The quantitative estimate of drug-likeness (QED) is 0.305. The number of ether oxygens (including phenoxy) is 1. The average molecular weight is 604 g/mol. The summed E-state index contributed by atoms with van der Waals surface area (Å²) >= 11 is 0. The number of benzene rings is 1. The third kappa shape index (κ3) is 4.82. The van der Waals surface area contributed by atoms with Gasteiger partial charge in [0.2, 0.25) is 5.91 Å². The number of aryl methyl sites for hydroxylation is 1. The Hall–Kier alpha value is -4.29. The molecule has 3 aromatic heterocycles. The Bertz CT molecular complexity index is 1810. The minimum atomic E-state index is -0.806. The van der Waals surface area contributed by atoms with Crippen molar-refractivity contribution in [2.75, 3.05) is 54.1 Å². The zero-order valence-corrected chi connectivity index (χ0v) is 24.6.